The van der Waals surface area contributed by atoms with Crippen molar-refractivity contribution in [3.8, 4) is 0 Å². The fourth-order valence-electron chi connectivity index (χ4n) is 5.26. The first-order chi connectivity index (χ1) is 16.4. The van der Waals surface area contributed by atoms with Gasteiger partial charge in [0.25, 0.3) is 10.1 Å². The molecule has 0 radical (unpaired) electrons. The van der Waals surface area contributed by atoms with Crippen molar-refractivity contribution in [1.29, 1.82) is 0 Å². The van der Waals surface area contributed by atoms with Crippen LogP contribution in [0.3, 0.4) is 0 Å². The lowest BCUT2D eigenvalue weighted by atomic mass is 9.81. The summed E-state index contributed by atoms with van der Waals surface area (Å²) in [6.07, 6.45) is 14.3. The zero-order valence-corrected chi connectivity index (χ0v) is 22.0. The molecular formula is C29H33N2O3S+. The number of para-hydroxylation sites is 1. The van der Waals surface area contributed by atoms with Crippen LogP contribution < -0.4 is 4.90 Å². The van der Waals surface area contributed by atoms with E-state index in [9.17, 15) is 13.0 Å². The Bertz CT molecular complexity index is 1440. The van der Waals surface area contributed by atoms with Crippen molar-refractivity contribution < 1.29 is 17.5 Å². The summed E-state index contributed by atoms with van der Waals surface area (Å²) >= 11 is 0. The predicted octanol–water partition coefficient (Wildman–Crippen LogP) is 5.92. The quantitative estimate of drug-likeness (QED) is 0.322. The van der Waals surface area contributed by atoms with Gasteiger partial charge in [0, 0.05) is 41.6 Å². The molecule has 0 aromatic heterocycles. The van der Waals surface area contributed by atoms with Crippen molar-refractivity contribution in [1.82, 2.24) is 0 Å². The summed E-state index contributed by atoms with van der Waals surface area (Å²) in [5.74, 6) is 0. The fourth-order valence-corrected chi connectivity index (χ4v) is 5.77. The molecule has 0 saturated heterocycles. The monoisotopic (exact) mass is 489 g/mol. The van der Waals surface area contributed by atoms with Crippen LogP contribution in [0.2, 0.25) is 0 Å². The van der Waals surface area contributed by atoms with Gasteiger partial charge in [-0.15, -0.1) is 0 Å². The third kappa shape index (κ3) is 4.32. The Morgan fingerprint density at radius 2 is 1.54 bits per heavy atom. The Labute approximate surface area is 208 Å². The van der Waals surface area contributed by atoms with Crippen LogP contribution in [-0.2, 0) is 20.9 Å². The molecule has 1 N–H and O–H groups in total. The molecule has 2 heterocycles. The van der Waals surface area contributed by atoms with Crippen LogP contribution in [0.15, 0.2) is 95.6 Å². The second kappa shape index (κ2) is 8.77. The van der Waals surface area contributed by atoms with Gasteiger partial charge in [-0.05, 0) is 43.7 Å². The molecule has 0 atom stereocenters. The van der Waals surface area contributed by atoms with Crippen molar-refractivity contribution in [3.05, 3.63) is 102 Å². The average Bonchev–Trinajstić information content (AvgIpc) is 3.11. The Kier molecular flexibility index (Phi) is 6.24. The number of anilines is 1. The van der Waals surface area contributed by atoms with Gasteiger partial charge in [0.1, 0.15) is 7.05 Å². The van der Waals surface area contributed by atoms with Crippen molar-refractivity contribution in [2.45, 2.75) is 43.4 Å². The van der Waals surface area contributed by atoms with Gasteiger partial charge in [0.05, 0.1) is 10.3 Å². The lowest BCUT2D eigenvalue weighted by Crippen LogP contribution is -2.26. The van der Waals surface area contributed by atoms with E-state index in [1.54, 1.807) is 12.1 Å². The lowest BCUT2D eigenvalue weighted by molar-refractivity contribution is -0.401. The first kappa shape index (κ1) is 24.9. The van der Waals surface area contributed by atoms with E-state index in [2.05, 4.69) is 80.6 Å². The zero-order chi connectivity index (χ0) is 25.6. The third-order valence-corrected chi connectivity index (χ3v) is 8.05. The van der Waals surface area contributed by atoms with Gasteiger partial charge in [0.2, 0.25) is 5.69 Å². The van der Waals surface area contributed by atoms with E-state index in [1.807, 2.05) is 37.4 Å². The summed E-state index contributed by atoms with van der Waals surface area (Å²) in [4.78, 5) is 1.98. The second-order valence-corrected chi connectivity index (χ2v) is 11.5. The smallest absolute Gasteiger partial charge is 0.294 e. The van der Waals surface area contributed by atoms with Crippen LogP contribution in [0.5, 0.6) is 0 Å². The molecule has 0 aliphatic carbocycles. The van der Waals surface area contributed by atoms with E-state index in [0.29, 0.717) is 0 Å². The highest BCUT2D eigenvalue weighted by atomic mass is 32.2. The SMILES string of the molecule is CN1C(=CC=CC=CC=CC2=[N+](C)c3ccccc3C2(C)C)C(C)(C)c2cc(S(=O)(=O)O)ccc21. The number of fused-ring (bicyclic) bond motifs is 2. The minimum atomic E-state index is -4.24. The summed E-state index contributed by atoms with van der Waals surface area (Å²) in [6.45, 7) is 8.61. The number of rotatable bonds is 5. The topological polar surface area (TPSA) is 60.6 Å². The van der Waals surface area contributed by atoms with Crippen LogP contribution in [0.25, 0.3) is 0 Å². The molecule has 0 fully saturated rings. The molecule has 4 rings (SSSR count). The molecule has 6 heteroatoms. The molecular weight excluding hydrogens is 456 g/mol. The maximum atomic E-state index is 11.6. The maximum Gasteiger partial charge on any atom is 0.294 e. The molecule has 5 nitrogen and oxygen atoms in total. The number of nitrogens with zero attached hydrogens (tertiary/aromatic N) is 2. The average molecular weight is 490 g/mol. The summed E-state index contributed by atoms with van der Waals surface area (Å²) in [6, 6.07) is 13.3. The number of likely N-dealkylation sites (N-methyl/N-ethyl adjacent to an activating group) is 1. The highest BCUT2D eigenvalue weighted by Crippen LogP contribution is 2.47. The minimum absolute atomic E-state index is 0.0428. The van der Waals surface area contributed by atoms with E-state index in [4.69, 9.17) is 0 Å². The zero-order valence-electron chi connectivity index (χ0n) is 21.1. The van der Waals surface area contributed by atoms with Crippen molar-refractivity contribution in [2.24, 2.45) is 0 Å². The molecule has 2 aliphatic heterocycles. The Balaban J connectivity index is 1.49. The van der Waals surface area contributed by atoms with Crippen LogP contribution in [0.1, 0.15) is 38.8 Å². The standard InChI is InChI=1S/C29H32N2O3S/c1-28(2)22-14-12-13-15-24(22)30(5)26(28)16-10-8-7-9-11-17-27-29(3,4)23-20-21(35(32,33)34)18-19-25(23)31(27)6/h7-20H,1-6H3/p+1. The summed E-state index contributed by atoms with van der Waals surface area (Å²) in [5, 5.41) is 0. The Hall–Kier alpha value is -3.22. The first-order valence-corrected chi connectivity index (χ1v) is 13.1. The molecule has 2 aliphatic rings. The fraction of sp³-hybridized carbons (Fsp3) is 0.276. The van der Waals surface area contributed by atoms with Gasteiger partial charge < -0.3 is 4.90 Å². The molecule has 182 valence electrons. The molecule has 0 spiro atoms. The first-order valence-electron chi connectivity index (χ1n) is 11.7. The summed E-state index contributed by atoms with van der Waals surface area (Å²) in [5.41, 5.74) is 6.25. The van der Waals surface area contributed by atoms with Crippen LogP contribution in [0.4, 0.5) is 11.4 Å². The van der Waals surface area contributed by atoms with Crippen molar-refractivity contribution in [2.75, 3.05) is 19.0 Å². The number of hydrogen-bond acceptors (Lipinski definition) is 3. The van der Waals surface area contributed by atoms with E-state index >= 15 is 0 Å². The molecule has 0 bridgehead atoms. The van der Waals surface area contributed by atoms with Crippen LogP contribution in [-0.4, -0.2) is 37.4 Å². The molecule has 2 aromatic carbocycles. The predicted molar refractivity (Wildman–Crippen MR) is 144 cm³/mol. The normalized spacial score (nSPS) is 20.1. The van der Waals surface area contributed by atoms with Gasteiger partial charge in [-0.25, -0.2) is 0 Å². The number of allylic oxidation sites excluding steroid dienone is 8. The van der Waals surface area contributed by atoms with E-state index < -0.39 is 15.5 Å². The van der Waals surface area contributed by atoms with Gasteiger partial charge in [-0.1, -0.05) is 62.4 Å². The van der Waals surface area contributed by atoms with Crippen molar-refractivity contribution in [3.63, 3.8) is 0 Å². The molecule has 0 unspecified atom stereocenters. The maximum absolute atomic E-state index is 11.6. The van der Waals surface area contributed by atoms with E-state index in [0.717, 1.165) is 16.9 Å². The summed E-state index contributed by atoms with van der Waals surface area (Å²) in [7, 11) is -0.167. The third-order valence-electron chi connectivity index (χ3n) is 7.20. The Morgan fingerprint density at radius 3 is 2.23 bits per heavy atom. The highest BCUT2D eigenvalue weighted by molar-refractivity contribution is 7.85. The van der Waals surface area contributed by atoms with Gasteiger partial charge in [-0.2, -0.15) is 13.0 Å². The van der Waals surface area contributed by atoms with Gasteiger partial charge in [0.15, 0.2) is 5.71 Å². The van der Waals surface area contributed by atoms with Gasteiger partial charge in [-0.3, -0.25) is 4.55 Å². The number of benzene rings is 2. The Morgan fingerprint density at radius 1 is 0.886 bits per heavy atom. The molecule has 35 heavy (non-hydrogen) atoms. The van der Waals surface area contributed by atoms with Crippen molar-refractivity contribution >= 4 is 27.2 Å². The minimum Gasteiger partial charge on any atom is -0.347 e. The highest BCUT2D eigenvalue weighted by Gasteiger charge is 2.42. The molecule has 2 aromatic rings. The van der Waals surface area contributed by atoms with Crippen LogP contribution >= 0.6 is 0 Å². The lowest BCUT2D eigenvalue weighted by Gasteiger charge is -2.23. The van der Waals surface area contributed by atoms with E-state index in [1.165, 1.54) is 23.0 Å². The number of hydrogen-bond donors (Lipinski definition) is 1. The second-order valence-electron chi connectivity index (χ2n) is 10.1. The summed E-state index contributed by atoms with van der Waals surface area (Å²) < 4.78 is 34.9. The molecule has 0 saturated carbocycles. The van der Waals surface area contributed by atoms with Gasteiger partial charge >= 0.3 is 0 Å². The largest absolute Gasteiger partial charge is 0.347 e. The molecule has 0 amide bonds. The van der Waals surface area contributed by atoms with E-state index in [-0.39, 0.29) is 10.3 Å². The van der Waals surface area contributed by atoms with Crippen LogP contribution in [0, 0.1) is 0 Å².